The fraction of sp³-hybridized carbons (Fsp3) is 0.556. The van der Waals surface area contributed by atoms with E-state index in [2.05, 4.69) is 10.5 Å². The van der Waals surface area contributed by atoms with Gasteiger partial charge in [0.25, 0.3) is 0 Å². The number of carbonyl (C=O) groups is 1. The van der Waals surface area contributed by atoms with Gasteiger partial charge in [-0.1, -0.05) is 5.16 Å². The van der Waals surface area contributed by atoms with Gasteiger partial charge in [0, 0.05) is 12.6 Å². The van der Waals surface area contributed by atoms with E-state index in [9.17, 15) is 4.79 Å². The molecular weight excluding hydrogens is 184 g/mol. The first kappa shape index (κ1) is 10.7. The predicted molar refractivity (Wildman–Crippen MR) is 49.6 cm³/mol. The summed E-state index contributed by atoms with van der Waals surface area (Å²) in [6.45, 7) is 4.71. The van der Waals surface area contributed by atoms with Gasteiger partial charge in [-0.05, 0) is 13.8 Å². The van der Waals surface area contributed by atoms with E-state index < -0.39 is 0 Å². The van der Waals surface area contributed by atoms with Crippen LogP contribution >= 0.6 is 0 Å². The average Bonchev–Trinajstić information content (AvgIpc) is 2.52. The van der Waals surface area contributed by atoms with Gasteiger partial charge in [0.05, 0.1) is 18.8 Å². The Morgan fingerprint density at radius 3 is 3.07 bits per heavy atom. The van der Waals surface area contributed by atoms with E-state index in [1.165, 1.54) is 0 Å². The van der Waals surface area contributed by atoms with Crippen molar-refractivity contribution in [2.24, 2.45) is 0 Å². The summed E-state index contributed by atoms with van der Waals surface area (Å²) >= 11 is 0. The molecule has 0 atom stereocenters. The first-order valence-electron chi connectivity index (χ1n) is 4.51. The molecule has 0 aromatic carbocycles. The number of aryl methyl sites for hydroxylation is 1. The smallest absolute Gasteiger partial charge is 0.319 e. The van der Waals surface area contributed by atoms with E-state index in [4.69, 9.17) is 9.26 Å². The van der Waals surface area contributed by atoms with Gasteiger partial charge in [-0.2, -0.15) is 0 Å². The minimum absolute atomic E-state index is 0.194. The topological polar surface area (TPSA) is 64.4 Å². The molecule has 1 aromatic heterocycles. The molecule has 5 nitrogen and oxygen atoms in total. The predicted octanol–water partition coefficient (Wildman–Crippen LogP) is 0.636. The normalized spacial score (nSPS) is 10.1. The fourth-order valence-electron chi connectivity index (χ4n) is 1.01. The molecule has 0 amide bonds. The van der Waals surface area contributed by atoms with Crippen LogP contribution in [0.5, 0.6) is 0 Å². The molecule has 5 heteroatoms. The second-order valence-corrected chi connectivity index (χ2v) is 2.84. The highest BCUT2D eigenvalue weighted by atomic mass is 16.5. The summed E-state index contributed by atoms with van der Waals surface area (Å²) in [6.07, 6.45) is 0. The van der Waals surface area contributed by atoms with Gasteiger partial charge >= 0.3 is 5.97 Å². The minimum atomic E-state index is -0.257. The first-order valence-corrected chi connectivity index (χ1v) is 4.51. The zero-order chi connectivity index (χ0) is 10.4. The van der Waals surface area contributed by atoms with Crippen molar-refractivity contribution in [3.05, 3.63) is 17.5 Å². The van der Waals surface area contributed by atoms with Gasteiger partial charge in [0.1, 0.15) is 5.76 Å². The molecule has 0 spiro atoms. The van der Waals surface area contributed by atoms with Gasteiger partial charge in [-0.15, -0.1) is 0 Å². The highest BCUT2D eigenvalue weighted by Gasteiger charge is 2.02. The molecule has 14 heavy (non-hydrogen) atoms. The Morgan fingerprint density at radius 1 is 1.71 bits per heavy atom. The van der Waals surface area contributed by atoms with Gasteiger partial charge in [-0.3, -0.25) is 4.79 Å². The van der Waals surface area contributed by atoms with Crippen molar-refractivity contribution in [1.82, 2.24) is 10.5 Å². The maximum Gasteiger partial charge on any atom is 0.319 e. The molecule has 0 radical (unpaired) electrons. The van der Waals surface area contributed by atoms with Crippen LogP contribution in [0.3, 0.4) is 0 Å². The van der Waals surface area contributed by atoms with Crippen LogP contribution in [0.2, 0.25) is 0 Å². The van der Waals surface area contributed by atoms with Gasteiger partial charge in [0.2, 0.25) is 0 Å². The van der Waals surface area contributed by atoms with Crippen molar-refractivity contribution in [3.63, 3.8) is 0 Å². The highest BCUT2D eigenvalue weighted by molar-refractivity contribution is 5.71. The van der Waals surface area contributed by atoms with E-state index in [0.29, 0.717) is 13.2 Å². The van der Waals surface area contributed by atoms with Crippen molar-refractivity contribution in [3.8, 4) is 0 Å². The Hall–Kier alpha value is -1.36. The molecule has 0 aliphatic heterocycles. The Kier molecular flexibility index (Phi) is 4.12. The van der Waals surface area contributed by atoms with Gasteiger partial charge in [0.15, 0.2) is 0 Å². The lowest BCUT2D eigenvalue weighted by molar-refractivity contribution is -0.142. The van der Waals surface area contributed by atoms with Crippen molar-refractivity contribution < 1.29 is 14.1 Å². The summed E-state index contributed by atoms with van der Waals surface area (Å²) < 4.78 is 9.60. The molecule has 1 aromatic rings. The maximum absolute atomic E-state index is 10.9. The fourth-order valence-corrected chi connectivity index (χ4v) is 1.01. The molecule has 1 heterocycles. The third kappa shape index (κ3) is 3.57. The quantitative estimate of drug-likeness (QED) is 0.703. The van der Waals surface area contributed by atoms with E-state index in [1.807, 2.05) is 13.0 Å². The lowest BCUT2D eigenvalue weighted by Crippen LogP contribution is -2.24. The largest absolute Gasteiger partial charge is 0.465 e. The number of esters is 1. The van der Waals surface area contributed by atoms with E-state index in [-0.39, 0.29) is 12.5 Å². The van der Waals surface area contributed by atoms with E-state index >= 15 is 0 Å². The molecule has 0 saturated heterocycles. The third-order valence-electron chi connectivity index (χ3n) is 1.56. The number of aromatic nitrogens is 1. The van der Waals surface area contributed by atoms with Crippen LogP contribution in [-0.2, 0) is 16.1 Å². The van der Waals surface area contributed by atoms with Gasteiger partial charge < -0.3 is 14.6 Å². The van der Waals surface area contributed by atoms with Crippen LogP contribution in [0.25, 0.3) is 0 Å². The number of hydrogen-bond acceptors (Lipinski definition) is 5. The zero-order valence-electron chi connectivity index (χ0n) is 8.37. The Balaban J connectivity index is 2.18. The summed E-state index contributed by atoms with van der Waals surface area (Å²) in [6, 6.07) is 1.82. The highest BCUT2D eigenvalue weighted by Crippen LogP contribution is 2.00. The molecule has 0 unspecified atom stereocenters. The van der Waals surface area contributed by atoms with Crippen molar-refractivity contribution >= 4 is 5.97 Å². The summed E-state index contributed by atoms with van der Waals surface area (Å²) in [7, 11) is 0. The molecular formula is C9H14N2O3. The number of rotatable bonds is 5. The molecule has 0 aliphatic carbocycles. The van der Waals surface area contributed by atoms with E-state index in [0.717, 1.165) is 11.5 Å². The number of hydrogen-bond donors (Lipinski definition) is 1. The SMILES string of the molecule is CCOC(=O)CNCc1cc(C)on1. The monoisotopic (exact) mass is 198 g/mol. The maximum atomic E-state index is 10.9. The summed E-state index contributed by atoms with van der Waals surface area (Å²) in [5.41, 5.74) is 0.784. The Bertz CT molecular complexity index is 296. The number of ether oxygens (including phenoxy) is 1. The molecule has 0 bridgehead atoms. The molecule has 0 aliphatic rings. The van der Waals surface area contributed by atoms with Crippen molar-refractivity contribution in [1.29, 1.82) is 0 Å². The van der Waals surface area contributed by atoms with E-state index in [1.54, 1.807) is 6.92 Å². The lowest BCUT2D eigenvalue weighted by atomic mass is 10.4. The molecule has 1 rings (SSSR count). The van der Waals surface area contributed by atoms with Crippen LogP contribution in [0.15, 0.2) is 10.6 Å². The van der Waals surface area contributed by atoms with Crippen LogP contribution in [-0.4, -0.2) is 24.3 Å². The Labute approximate surface area is 82.4 Å². The molecule has 0 saturated carbocycles. The lowest BCUT2D eigenvalue weighted by Gasteiger charge is -2.01. The van der Waals surface area contributed by atoms with Crippen LogP contribution in [0, 0.1) is 6.92 Å². The summed E-state index contributed by atoms with van der Waals surface area (Å²) in [4.78, 5) is 10.9. The van der Waals surface area contributed by atoms with Crippen molar-refractivity contribution in [2.75, 3.05) is 13.2 Å². The summed E-state index contributed by atoms with van der Waals surface area (Å²) in [5, 5.41) is 6.67. The molecule has 78 valence electrons. The van der Waals surface area contributed by atoms with Crippen LogP contribution < -0.4 is 5.32 Å². The second-order valence-electron chi connectivity index (χ2n) is 2.84. The second kappa shape index (κ2) is 5.39. The standard InChI is InChI=1S/C9H14N2O3/c1-3-13-9(12)6-10-5-8-4-7(2)14-11-8/h4,10H,3,5-6H2,1-2H3. The summed E-state index contributed by atoms with van der Waals surface area (Å²) in [5.74, 6) is 0.505. The number of carbonyl (C=O) groups excluding carboxylic acids is 1. The number of nitrogens with zero attached hydrogens (tertiary/aromatic N) is 1. The zero-order valence-corrected chi connectivity index (χ0v) is 8.37. The molecule has 1 N–H and O–H groups in total. The molecule has 0 fully saturated rings. The van der Waals surface area contributed by atoms with Crippen LogP contribution in [0.1, 0.15) is 18.4 Å². The first-order chi connectivity index (χ1) is 6.72. The third-order valence-corrected chi connectivity index (χ3v) is 1.56. The number of nitrogens with one attached hydrogen (secondary N) is 1. The van der Waals surface area contributed by atoms with Gasteiger partial charge in [-0.25, -0.2) is 0 Å². The Morgan fingerprint density at radius 2 is 2.50 bits per heavy atom. The average molecular weight is 198 g/mol. The van der Waals surface area contributed by atoms with Crippen molar-refractivity contribution in [2.45, 2.75) is 20.4 Å². The van der Waals surface area contributed by atoms with Crippen LogP contribution in [0.4, 0.5) is 0 Å². The minimum Gasteiger partial charge on any atom is -0.465 e.